The van der Waals surface area contributed by atoms with E-state index >= 15 is 0 Å². The third-order valence-corrected chi connectivity index (χ3v) is 7.97. The largest absolute Gasteiger partial charge is 0.344 e. The van der Waals surface area contributed by atoms with Crippen LogP contribution in [0.1, 0.15) is 35.2 Å². The number of hydrogen-bond acceptors (Lipinski definition) is 3. The van der Waals surface area contributed by atoms with Gasteiger partial charge in [-0.15, -0.1) is 0 Å². The zero-order valence-electron chi connectivity index (χ0n) is 20.5. The molecule has 0 radical (unpaired) electrons. The molecule has 1 N–H and O–H groups in total. The highest BCUT2D eigenvalue weighted by molar-refractivity contribution is 7.92. The van der Waals surface area contributed by atoms with Crippen LogP contribution in [0.5, 0.6) is 0 Å². The zero-order chi connectivity index (χ0) is 25.5. The van der Waals surface area contributed by atoms with E-state index in [1.807, 2.05) is 80.6 Å². The lowest BCUT2D eigenvalue weighted by molar-refractivity contribution is -0.120. The summed E-state index contributed by atoms with van der Waals surface area (Å²) in [5.41, 5.74) is 4.28. The van der Waals surface area contributed by atoms with Crippen LogP contribution in [0.3, 0.4) is 0 Å². The van der Waals surface area contributed by atoms with E-state index in [0.29, 0.717) is 12.1 Å². The maximum atomic E-state index is 13.8. The van der Waals surface area contributed by atoms with E-state index in [4.69, 9.17) is 0 Å². The first-order valence-electron chi connectivity index (χ1n) is 12.0. The highest BCUT2D eigenvalue weighted by Crippen LogP contribution is 2.29. The highest BCUT2D eigenvalue weighted by Gasteiger charge is 2.29. The SMILES string of the molecule is CCc1ccccc1N(CC(=O)NC(c1ccccc1)c1ccccc1C)S(=O)(=O)c1ccccc1. The average Bonchev–Trinajstić information content (AvgIpc) is 2.92. The number of anilines is 1. The van der Waals surface area contributed by atoms with Gasteiger partial charge in [0.1, 0.15) is 6.54 Å². The Bertz CT molecular complexity index is 1420. The number of nitrogens with one attached hydrogen (secondary N) is 1. The van der Waals surface area contributed by atoms with Gasteiger partial charge in [0.05, 0.1) is 16.6 Å². The lowest BCUT2D eigenvalue weighted by Crippen LogP contribution is -2.42. The lowest BCUT2D eigenvalue weighted by atomic mass is 9.95. The van der Waals surface area contributed by atoms with Crippen LogP contribution in [-0.2, 0) is 21.2 Å². The van der Waals surface area contributed by atoms with Gasteiger partial charge in [-0.05, 0) is 53.8 Å². The molecule has 6 heteroatoms. The molecule has 4 aromatic rings. The second-order valence-electron chi connectivity index (χ2n) is 8.57. The van der Waals surface area contributed by atoms with Crippen LogP contribution in [0.4, 0.5) is 5.69 Å². The molecule has 0 saturated heterocycles. The molecule has 0 fully saturated rings. The van der Waals surface area contributed by atoms with E-state index in [0.717, 1.165) is 22.3 Å². The highest BCUT2D eigenvalue weighted by atomic mass is 32.2. The Morgan fingerprint density at radius 2 is 1.39 bits per heavy atom. The molecule has 0 heterocycles. The molecule has 1 atom stereocenters. The average molecular weight is 499 g/mol. The van der Waals surface area contributed by atoms with E-state index in [2.05, 4.69) is 5.32 Å². The molecular weight excluding hydrogens is 468 g/mol. The van der Waals surface area contributed by atoms with E-state index in [1.165, 1.54) is 4.31 Å². The van der Waals surface area contributed by atoms with Gasteiger partial charge in [0, 0.05) is 0 Å². The molecule has 0 aliphatic rings. The molecule has 0 aliphatic carbocycles. The lowest BCUT2D eigenvalue weighted by Gasteiger charge is -2.28. The predicted octanol–water partition coefficient (Wildman–Crippen LogP) is 5.66. The number of amides is 1. The van der Waals surface area contributed by atoms with Crippen LogP contribution >= 0.6 is 0 Å². The van der Waals surface area contributed by atoms with Crippen LogP contribution in [0, 0.1) is 6.92 Å². The standard InChI is InChI=1S/C30H30N2O3S/c1-3-24-15-11-13-21-28(24)32(36(34,35)26-18-8-5-9-19-26)22-29(33)31-30(25-16-6-4-7-17-25)27-20-12-10-14-23(27)2/h4-21,30H,3,22H2,1-2H3,(H,31,33). The number of carbonyl (C=O) groups is 1. The van der Waals surface area contributed by atoms with Gasteiger partial charge in [0.15, 0.2) is 0 Å². The van der Waals surface area contributed by atoms with Gasteiger partial charge in [-0.1, -0.05) is 97.9 Å². The van der Waals surface area contributed by atoms with Gasteiger partial charge in [0.2, 0.25) is 5.91 Å². The summed E-state index contributed by atoms with van der Waals surface area (Å²) in [7, 11) is -3.98. The minimum absolute atomic E-state index is 0.141. The first-order chi connectivity index (χ1) is 17.4. The Morgan fingerprint density at radius 3 is 2.06 bits per heavy atom. The monoisotopic (exact) mass is 498 g/mol. The van der Waals surface area contributed by atoms with E-state index in [-0.39, 0.29) is 11.4 Å². The molecule has 0 aliphatic heterocycles. The Kier molecular flexibility index (Phi) is 7.86. The molecule has 0 aromatic heterocycles. The van der Waals surface area contributed by atoms with Crippen LogP contribution in [0.25, 0.3) is 0 Å². The van der Waals surface area contributed by atoms with Gasteiger partial charge in [-0.3, -0.25) is 9.10 Å². The molecule has 36 heavy (non-hydrogen) atoms. The van der Waals surface area contributed by atoms with Crippen molar-refractivity contribution in [3.05, 3.63) is 131 Å². The van der Waals surface area contributed by atoms with E-state index in [9.17, 15) is 13.2 Å². The summed E-state index contributed by atoms with van der Waals surface area (Å²) in [4.78, 5) is 13.7. The molecule has 4 aromatic carbocycles. The van der Waals surface area contributed by atoms with Crippen molar-refractivity contribution < 1.29 is 13.2 Å². The Morgan fingerprint density at radius 1 is 0.806 bits per heavy atom. The molecule has 1 amide bonds. The predicted molar refractivity (Wildman–Crippen MR) is 144 cm³/mol. The Labute approximate surface area is 213 Å². The number of aryl methyl sites for hydroxylation is 2. The molecule has 4 rings (SSSR count). The van der Waals surface area contributed by atoms with Gasteiger partial charge in [0.25, 0.3) is 10.0 Å². The van der Waals surface area contributed by atoms with Gasteiger partial charge < -0.3 is 5.32 Å². The fourth-order valence-corrected chi connectivity index (χ4v) is 5.79. The summed E-state index contributed by atoms with van der Waals surface area (Å²) in [6.07, 6.45) is 0.633. The fraction of sp³-hybridized carbons (Fsp3) is 0.167. The van der Waals surface area contributed by atoms with Crippen LogP contribution in [0.2, 0.25) is 0 Å². The van der Waals surface area contributed by atoms with Crippen molar-refractivity contribution in [1.29, 1.82) is 0 Å². The van der Waals surface area contributed by atoms with Crippen molar-refractivity contribution in [1.82, 2.24) is 5.32 Å². The topological polar surface area (TPSA) is 66.5 Å². The number of carbonyl (C=O) groups excluding carboxylic acids is 1. The minimum atomic E-state index is -3.98. The second kappa shape index (κ2) is 11.2. The summed E-state index contributed by atoms with van der Waals surface area (Å²) in [5, 5.41) is 3.11. The normalized spacial score (nSPS) is 12.1. The zero-order valence-corrected chi connectivity index (χ0v) is 21.3. The van der Waals surface area contributed by atoms with Crippen LogP contribution in [0.15, 0.2) is 114 Å². The number of hydrogen-bond donors (Lipinski definition) is 1. The number of nitrogens with zero attached hydrogens (tertiary/aromatic N) is 1. The molecule has 0 bridgehead atoms. The maximum absolute atomic E-state index is 13.8. The summed E-state index contributed by atoms with van der Waals surface area (Å²) < 4.78 is 28.7. The van der Waals surface area contributed by atoms with Gasteiger partial charge in [-0.25, -0.2) is 8.42 Å². The fourth-order valence-electron chi connectivity index (χ4n) is 4.31. The number of sulfonamides is 1. The summed E-state index contributed by atoms with van der Waals surface area (Å²) in [6, 6.07) is 32.7. The number of benzene rings is 4. The van der Waals surface area contributed by atoms with E-state index in [1.54, 1.807) is 42.5 Å². The third-order valence-electron chi connectivity index (χ3n) is 6.20. The maximum Gasteiger partial charge on any atom is 0.264 e. The van der Waals surface area contributed by atoms with Gasteiger partial charge in [-0.2, -0.15) is 0 Å². The second-order valence-corrected chi connectivity index (χ2v) is 10.4. The summed E-state index contributed by atoms with van der Waals surface area (Å²) in [6.45, 7) is 3.63. The minimum Gasteiger partial charge on any atom is -0.344 e. The smallest absolute Gasteiger partial charge is 0.264 e. The van der Waals surface area contributed by atoms with Crippen molar-refractivity contribution in [2.75, 3.05) is 10.8 Å². The molecule has 184 valence electrons. The van der Waals surface area contributed by atoms with Crippen molar-refractivity contribution in [3.63, 3.8) is 0 Å². The molecular formula is C30H30N2O3S. The van der Waals surface area contributed by atoms with E-state index < -0.39 is 22.0 Å². The van der Waals surface area contributed by atoms with Crippen molar-refractivity contribution in [2.24, 2.45) is 0 Å². The Balaban J connectivity index is 1.72. The summed E-state index contributed by atoms with van der Waals surface area (Å²) >= 11 is 0. The first kappa shape index (κ1) is 25.2. The Hall–Kier alpha value is -3.90. The van der Waals surface area contributed by atoms with Gasteiger partial charge >= 0.3 is 0 Å². The van der Waals surface area contributed by atoms with Crippen molar-refractivity contribution >= 4 is 21.6 Å². The first-order valence-corrected chi connectivity index (χ1v) is 13.4. The molecule has 1 unspecified atom stereocenters. The quantitative estimate of drug-likeness (QED) is 0.324. The van der Waals surface area contributed by atoms with Crippen LogP contribution in [-0.4, -0.2) is 20.9 Å². The molecule has 5 nitrogen and oxygen atoms in total. The van der Waals surface area contributed by atoms with Crippen molar-refractivity contribution in [2.45, 2.75) is 31.2 Å². The number of para-hydroxylation sites is 1. The molecule has 0 saturated carbocycles. The molecule has 0 spiro atoms. The number of rotatable bonds is 9. The third kappa shape index (κ3) is 5.50. The summed E-state index contributed by atoms with van der Waals surface area (Å²) in [5.74, 6) is -0.391. The van der Waals surface area contributed by atoms with Crippen LogP contribution < -0.4 is 9.62 Å². The van der Waals surface area contributed by atoms with Crippen molar-refractivity contribution in [3.8, 4) is 0 Å².